The number of alkyl halides is 3. The van der Waals surface area contributed by atoms with Gasteiger partial charge < -0.3 is 9.97 Å². The van der Waals surface area contributed by atoms with Gasteiger partial charge in [-0.05, 0) is 35.8 Å². The molecule has 0 aliphatic carbocycles. The fourth-order valence-electron chi connectivity index (χ4n) is 1.97. The lowest BCUT2D eigenvalue weighted by molar-refractivity contribution is -0.138. The van der Waals surface area contributed by atoms with Gasteiger partial charge >= 0.3 is 6.18 Å². The minimum absolute atomic E-state index is 0.239. The highest BCUT2D eigenvalue weighted by Crippen LogP contribution is 2.38. The van der Waals surface area contributed by atoms with Crippen LogP contribution in [-0.2, 0) is 6.18 Å². The van der Waals surface area contributed by atoms with Gasteiger partial charge in [0.15, 0.2) is 4.77 Å². The van der Waals surface area contributed by atoms with Gasteiger partial charge in [0.1, 0.15) is 0 Å². The lowest BCUT2D eigenvalue weighted by Crippen LogP contribution is -2.10. The number of aromatic amines is 2. The van der Waals surface area contributed by atoms with Gasteiger partial charge in [-0.2, -0.15) is 13.2 Å². The first kappa shape index (κ1) is 12.2. The molecule has 1 heterocycles. The zero-order chi connectivity index (χ0) is 12.8. The molecule has 1 aromatic carbocycles. The van der Waals surface area contributed by atoms with Crippen LogP contribution in [0, 0.1) is 4.77 Å². The second kappa shape index (κ2) is 3.87. The van der Waals surface area contributed by atoms with Crippen LogP contribution in [0.25, 0.3) is 11.0 Å². The van der Waals surface area contributed by atoms with E-state index in [-0.39, 0.29) is 11.5 Å². The summed E-state index contributed by atoms with van der Waals surface area (Å²) in [5.74, 6) is -0.239. The molecule has 0 amide bonds. The molecule has 2 aromatic rings. The summed E-state index contributed by atoms with van der Waals surface area (Å²) < 4.78 is 39.0. The van der Waals surface area contributed by atoms with Crippen LogP contribution >= 0.6 is 12.2 Å². The summed E-state index contributed by atoms with van der Waals surface area (Å²) in [5, 5.41) is 0. The topological polar surface area (TPSA) is 31.6 Å². The molecular formula is C11H11F3N2S. The number of nitrogens with one attached hydrogen (secondary N) is 2. The first-order valence-corrected chi connectivity index (χ1v) is 5.53. The summed E-state index contributed by atoms with van der Waals surface area (Å²) >= 11 is 4.90. The van der Waals surface area contributed by atoms with Crippen LogP contribution in [0.4, 0.5) is 13.2 Å². The molecule has 2 nitrogen and oxygen atoms in total. The van der Waals surface area contributed by atoms with E-state index in [0.717, 1.165) is 6.07 Å². The van der Waals surface area contributed by atoms with E-state index in [1.54, 1.807) is 13.8 Å². The Balaban J connectivity index is 2.86. The van der Waals surface area contributed by atoms with Gasteiger partial charge in [0.25, 0.3) is 0 Å². The molecule has 0 saturated heterocycles. The van der Waals surface area contributed by atoms with Gasteiger partial charge in [-0.3, -0.25) is 0 Å². The minimum atomic E-state index is -4.35. The monoisotopic (exact) mass is 260 g/mol. The van der Waals surface area contributed by atoms with E-state index < -0.39 is 11.7 Å². The number of imidazole rings is 1. The molecule has 92 valence electrons. The predicted molar refractivity (Wildman–Crippen MR) is 62.6 cm³/mol. The average Bonchev–Trinajstić information content (AvgIpc) is 2.53. The Morgan fingerprint density at radius 2 is 1.82 bits per heavy atom. The molecule has 2 N–H and O–H groups in total. The van der Waals surface area contributed by atoms with E-state index in [1.807, 2.05) is 0 Å². The molecule has 0 bridgehead atoms. The van der Waals surface area contributed by atoms with Crippen LogP contribution in [0.1, 0.15) is 30.9 Å². The van der Waals surface area contributed by atoms with Crippen molar-refractivity contribution in [3.8, 4) is 0 Å². The van der Waals surface area contributed by atoms with Crippen molar-refractivity contribution in [2.24, 2.45) is 0 Å². The normalized spacial score (nSPS) is 12.6. The van der Waals surface area contributed by atoms with E-state index in [2.05, 4.69) is 9.97 Å². The van der Waals surface area contributed by atoms with Crippen molar-refractivity contribution in [3.05, 3.63) is 28.0 Å². The maximum absolute atomic E-state index is 12.9. The number of H-pyrrole nitrogens is 2. The van der Waals surface area contributed by atoms with Gasteiger partial charge in [-0.15, -0.1) is 0 Å². The number of hydrogen-bond donors (Lipinski definition) is 2. The van der Waals surface area contributed by atoms with Crippen LogP contribution in [-0.4, -0.2) is 9.97 Å². The third-order valence-electron chi connectivity index (χ3n) is 2.61. The highest BCUT2D eigenvalue weighted by atomic mass is 32.1. The van der Waals surface area contributed by atoms with Crippen LogP contribution in [0.2, 0.25) is 0 Å². The smallest absolute Gasteiger partial charge is 0.331 e. The molecule has 0 aliphatic heterocycles. The highest BCUT2D eigenvalue weighted by Gasteiger charge is 2.35. The van der Waals surface area contributed by atoms with Gasteiger partial charge in [-0.1, -0.05) is 13.8 Å². The van der Waals surface area contributed by atoms with Crippen molar-refractivity contribution in [1.82, 2.24) is 9.97 Å². The summed E-state index contributed by atoms with van der Waals surface area (Å²) in [6.45, 7) is 3.46. The zero-order valence-corrected chi connectivity index (χ0v) is 10.1. The number of aromatic nitrogens is 2. The second-order valence-corrected chi connectivity index (χ2v) is 4.59. The van der Waals surface area contributed by atoms with E-state index in [4.69, 9.17) is 12.2 Å². The fraction of sp³-hybridized carbons (Fsp3) is 0.364. The maximum Gasteiger partial charge on any atom is 0.416 e. The Bertz CT molecular complexity index is 607. The van der Waals surface area contributed by atoms with Crippen LogP contribution in [0.3, 0.4) is 0 Å². The molecule has 0 unspecified atom stereocenters. The largest absolute Gasteiger partial charge is 0.416 e. The van der Waals surface area contributed by atoms with Crippen LogP contribution in [0.5, 0.6) is 0 Å². The van der Waals surface area contributed by atoms with E-state index in [0.29, 0.717) is 15.8 Å². The van der Waals surface area contributed by atoms with E-state index in [1.165, 1.54) is 6.07 Å². The average molecular weight is 260 g/mol. The number of halogens is 3. The number of benzene rings is 1. The molecule has 6 heteroatoms. The fourth-order valence-corrected chi connectivity index (χ4v) is 2.18. The summed E-state index contributed by atoms with van der Waals surface area (Å²) in [4.78, 5) is 5.60. The Morgan fingerprint density at radius 3 is 2.35 bits per heavy atom. The Kier molecular flexibility index (Phi) is 2.77. The molecule has 0 radical (unpaired) electrons. The van der Waals surface area contributed by atoms with Gasteiger partial charge in [0, 0.05) is 0 Å². The molecule has 0 spiro atoms. The standard InChI is InChI=1S/C11H11F3N2S/c1-5(2)8-6(11(12,13)14)3-4-7-9(8)16-10(17)15-7/h3-5H,1-2H3,(H2,15,16,17). The second-order valence-electron chi connectivity index (χ2n) is 4.18. The first-order chi connectivity index (χ1) is 7.80. The van der Waals surface area contributed by atoms with E-state index >= 15 is 0 Å². The maximum atomic E-state index is 12.9. The number of hydrogen-bond acceptors (Lipinski definition) is 1. The third-order valence-corrected chi connectivity index (χ3v) is 2.82. The molecule has 0 fully saturated rings. The summed E-state index contributed by atoms with van der Waals surface area (Å²) in [6.07, 6.45) is -4.35. The lowest BCUT2D eigenvalue weighted by atomic mass is 9.95. The molecule has 17 heavy (non-hydrogen) atoms. The highest BCUT2D eigenvalue weighted by molar-refractivity contribution is 7.71. The summed E-state index contributed by atoms with van der Waals surface area (Å²) in [7, 11) is 0. The number of fused-ring (bicyclic) bond motifs is 1. The Labute approximate surface area is 101 Å². The van der Waals surface area contributed by atoms with Crippen LogP contribution in [0.15, 0.2) is 12.1 Å². The van der Waals surface area contributed by atoms with Crippen molar-refractivity contribution in [2.75, 3.05) is 0 Å². The van der Waals surface area contributed by atoms with Crippen LogP contribution < -0.4 is 0 Å². The van der Waals surface area contributed by atoms with Crippen molar-refractivity contribution in [3.63, 3.8) is 0 Å². The molecular weight excluding hydrogens is 249 g/mol. The Morgan fingerprint density at radius 1 is 1.18 bits per heavy atom. The van der Waals surface area contributed by atoms with E-state index in [9.17, 15) is 13.2 Å². The predicted octanol–water partition coefficient (Wildman–Crippen LogP) is 4.37. The zero-order valence-electron chi connectivity index (χ0n) is 9.27. The van der Waals surface area contributed by atoms with Crippen molar-refractivity contribution in [1.29, 1.82) is 0 Å². The summed E-state index contributed by atoms with van der Waals surface area (Å²) in [6, 6.07) is 2.49. The molecule has 1 aromatic heterocycles. The summed E-state index contributed by atoms with van der Waals surface area (Å²) in [5.41, 5.74) is 0.694. The molecule has 0 aliphatic rings. The molecule has 0 saturated carbocycles. The number of rotatable bonds is 1. The lowest BCUT2D eigenvalue weighted by Gasteiger charge is -2.16. The molecule has 2 rings (SSSR count). The third kappa shape index (κ3) is 2.09. The van der Waals surface area contributed by atoms with Gasteiger partial charge in [0.05, 0.1) is 16.6 Å². The minimum Gasteiger partial charge on any atom is -0.331 e. The SMILES string of the molecule is CC(C)c1c(C(F)(F)F)ccc2[nH]c(=S)[nH]c12. The quantitative estimate of drug-likeness (QED) is 0.733. The van der Waals surface area contributed by atoms with Gasteiger partial charge in [0.2, 0.25) is 0 Å². The van der Waals surface area contributed by atoms with Crippen molar-refractivity contribution in [2.45, 2.75) is 25.9 Å². The first-order valence-electron chi connectivity index (χ1n) is 5.13. The van der Waals surface area contributed by atoms with Crippen molar-refractivity contribution >= 4 is 23.3 Å². The van der Waals surface area contributed by atoms with Crippen molar-refractivity contribution < 1.29 is 13.2 Å². The Hall–Kier alpha value is -1.30. The van der Waals surface area contributed by atoms with Gasteiger partial charge in [-0.25, -0.2) is 0 Å². The molecule has 0 atom stereocenters.